The van der Waals surface area contributed by atoms with Gasteiger partial charge in [-0.25, -0.2) is 8.42 Å². The molecule has 0 radical (unpaired) electrons. The second kappa shape index (κ2) is 4.93. The van der Waals surface area contributed by atoms with Crippen molar-refractivity contribution in [2.24, 2.45) is 0 Å². The van der Waals surface area contributed by atoms with E-state index in [1.807, 2.05) is 31.2 Å². The molecule has 0 aliphatic carbocycles. The van der Waals surface area contributed by atoms with E-state index in [1.165, 1.54) is 4.31 Å². The molecule has 1 heterocycles. The number of nitrogens with zero attached hydrogens (tertiary/aromatic N) is 1. The van der Waals surface area contributed by atoms with Crippen LogP contribution in [0.5, 0.6) is 0 Å². The Bertz CT molecular complexity index is 825. The molecule has 0 saturated heterocycles. The number of para-hydroxylation sites is 1. The van der Waals surface area contributed by atoms with Crippen LogP contribution in [0.15, 0.2) is 53.9 Å². The molecule has 3 rings (SSSR count). The van der Waals surface area contributed by atoms with Gasteiger partial charge < -0.3 is 5.11 Å². The number of hydrogen-bond acceptors (Lipinski definition) is 3. The molecule has 0 aromatic heterocycles. The van der Waals surface area contributed by atoms with Crippen LogP contribution >= 0.6 is 0 Å². The molecule has 0 fully saturated rings. The lowest BCUT2D eigenvalue weighted by molar-refractivity contribution is 0.510. The van der Waals surface area contributed by atoms with Gasteiger partial charge in [0, 0.05) is 5.56 Å². The number of fused-ring (bicyclic) bond motifs is 1. The first-order valence-electron chi connectivity index (χ1n) is 6.56. The summed E-state index contributed by atoms with van der Waals surface area (Å²) in [7, 11) is -3.68. The lowest BCUT2D eigenvalue weighted by Crippen LogP contribution is -2.32. The number of aliphatic hydroxyl groups is 1. The second-order valence-electron chi connectivity index (χ2n) is 5.06. The van der Waals surface area contributed by atoms with Crippen molar-refractivity contribution < 1.29 is 13.5 Å². The summed E-state index contributed by atoms with van der Waals surface area (Å²) in [6.07, 6.45) is 0. The highest BCUT2D eigenvalue weighted by Crippen LogP contribution is 2.34. The topological polar surface area (TPSA) is 57.6 Å². The van der Waals surface area contributed by atoms with Gasteiger partial charge in [0.25, 0.3) is 10.0 Å². The van der Waals surface area contributed by atoms with E-state index in [2.05, 4.69) is 0 Å². The SMILES string of the molecule is Cc1cccc(CN2c3ccccc3C(O)=CS2(=O)=O)c1. The standard InChI is InChI=1S/C16H15NO3S/c1-12-5-4-6-13(9-12)10-17-15-8-3-2-7-14(15)16(18)11-21(17,19)20/h2-9,11,18H,10H2,1H3. The molecule has 2 aromatic carbocycles. The number of sulfonamides is 1. The third-order valence-electron chi connectivity index (χ3n) is 3.43. The van der Waals surface area contributed by atoms with Gasteiger partial charge in [-0.05, 0) is 24.6 Å². The quantitative estimate of drug-likeness (QED) is 0.926. The number of rotatable bonds is 2. The summed E-state index contributed by atoms with van der Waals surface area (Å²) in [5, 5.41) is 10.8. The first-order chi connectivity index (χ1) is 9.97. The minimum absolute atomic E-state index is 0.217. The molecule has 108 valence electrons. The van der Waals surface area contributed by atoms with Gasteiger partial charge in [0.05, 0.1) is 17.6 Å². The molecule has 0 amide bonds. The van der Waals surface area contributed by atoms with Crippen molar-refractivity contribution in [1.29, 1.82) is 0 Å². The Balaban J connectivity index is 2.09. The summed E-state index contributed by atoms with van der Waals surface area (Å²) in [5.41, 5.74) is 3.01. The highest BCUT2D eigenvalue weighted by atomic mass is 32.2. The summed E-state index contributed by atoms with van der Waals surface area (Å²) in [6.45, 7) is 2.21. The second-order valence-corrected chi connectivity index (χ2v) is 6.77. The first-order valence-corrected chi connectivity index (χ1v) is 8.06. The average molecular weight is 301 g/mol. The maximum Gasteiger partial charge on any atom is 0.261 e. The lowest BCUT2D eigenvalue weighted by Gasteiger charge is -2.28. The van der Waals surface area contributed by atoms with E-state index in [4.69, 9.17) is 0 Å². The minimum atomic E-state index is -3.68. The highest BCUT2D eigenvalue weighted by molar-refractivity contribution is 7.95. The van der Waals surface area contributed by atoms with Crippen molar-refractivity contribution >= 4 is 21.5 Å². The van der Waals surface area contributed by atoms with E-state index in [1.54, 1.807) is 24.3 Å². The van der Waals surface area contributed by atoms with Crippen molar-refractivity contribution in [3.8, 4) is 0 Å². The average Bonchev–Trinajstić information content (AvgIpc) is 2.43. The van der Waals surface area contributed by atoms with Gasteiger partial charge in [0.1, 0.15) is 5.76 Å². The Morgan fingerprint density at radius 2 is 1.86 bits per heavy atom. The summed E-state index contributed by atoms with van der Waals surface area (Å²) in [4.78, 5) is 0. The van der Waals surface area contributed by atoms with Gasteiger partial charge in [0.15, 0.2) is 0 Å². The third-order valence-corrected chi connectivity index (χ3v) is 4.89. The van der Waals surface area contributed by atoms with Gasteiger partial charge in [-0.2, -0.15) is 0 Å². The lowest BCUT2D eigenvalue weighted by atomic mass is 10.1. The van der Waals surface area contributed by atoms with Crippen LogP contribution in [0.1, 0.15) is 16.7 Å². The summed E-state index contributed by atoms with van der Waals surface area (Å²) in [5.74, 6) is -0.217. The molecule has 4 nitrogen and oxygen atoms in total. The zero-order valence-corrected chi connectivity index (χ0v) is 12.3. The first kappa shape index (κ1) is 13.7. The van der Waals surface area contributed by atoms with Crippen LogP contribution in [-0.2, 0) is 16.6 Å². The fraction of sp³-hybridized carbons (Fsp3) is 0.125. The van der Waals surface area contributed by atoms with Gasteiger partial charge in [-0.15, -0.1) is 0 Å². The Kier molecular flexibility index (Phi) is 3.22. The molecule has 2 aromatic rings. The summed E-state index contributed by atoms with van der Waals surface area (Å²) >= 11 is 0. The maximum absolute atomic E-state index is 12.3. The van der Waals surface area contributed by atoms with E-state index in [0.717, 1.165) is 16.5 Å². The molecule has 1 aliphatic rings. The Morgan fingerprint density at radius 3 is 2.62 bits per heavy atom. The minimum Gasteiger partial charge on any atom is -0.506 e. The molecular formula is C16H15NO3S. The maximum atomic E-state index is 12.3. The van der Waals surface area contributed by atoms with Crippen LogP contribution in [0.25, 0.3) is 5.76 Å². The molecule has 21 heavy (non-hydrogen) atoms. The van der Waals surface area contributed by atoms with Crippen molar-refractivity contribution in [3.63, 3.8) is 0 Å². The van der Waals surface area contributed by atoms with Crippen LogP contribution in [0.2, 0.25) is 0 Å². The molecule has 0 atom stereocenters. The highest BCUT2D eigenvalue weighted by Gasteiger charge is 2.29. The van der Waals surface area contributed by atoms with Gasteiger partial charge in [0.2, 0.25) is 0 Å². The zero-order chi connectivity index (χ0) is 15.0. The van der Waals surface area contributed by atoms with Crippen molar-refractivity contribution in [2.75, 3.05) is 4.31 Å². The Hall–Kier alpha value is -2.27. The summed E-state index contributed by atoms with van der Waals surface area (Å²) < 4.78 is 26.0. The Morgan fingerprint density at radius 1 is 1.10 bits per heavy atom. The van der Waals surface area contributed by atoms with Gasteiger partial charge >= 0.3 is 0 Å². The molecule has 5 heteroatoms. The fourth-order valence-electron chi connectivity index (χ4n) is 2.46. The van der Waals surface area contributed by atoms with Crippen LogP contribution < -0.4 is 4.31 Å². The molecule has 1 aliphatic heterocycles. The van der Waals surface area contributed by atoms with E-state index < -0.39 is 10.0 Å². The van der Waals surface area contributed by atoms with Crippen molar-refractivity contribution in [3.05, 3.63) is 70.6 Å². The van der Waals surface area contributed by atoms with Crippen LogP contribution in [0.4, 0.5) is 5.69 Å². The predicted molar refractivity (Wildman–Crippen MR) is 83.3 cm³/mol. The van der Waals surface area contributed by atoms with Crippen LogP contribution in [0, 0.1) is 6.92 Å². The number of aliphatic hydroxyl groups excluding tert-OH is 1. The van der Waals surface area contributed by atoms with E-state index in [0.29, 0.717) is 11.3 Å². The van der Waals surface area contributed by atoms with Crippen LogP contribution in [-0.4, -0.2) is 13.5 Å². The zero-order valence-electron chi connectivity index (χ0n) is 11.5. The van der Waals surface area contributed by atoms with Crippen molar-refractivity contribution in [2.45, 2.75) is 13.5 Å². The van der Waals surface area contributed by atoms with E-state index >= 15 is 0 Å². The normalized spacial score (nSPS) is 16.2. The number of benzene rings is 2. The molecule has 0 saturated carbocycles. The van der Waals surface area contributed by atoms with Gasteiger partial charge in [-0.1, -0.05) is 42.0 Å². The number of anilines is 1. The van der Waals surface area contributed by atoms with Gasteiger partial charge in [-0.3, -0.25) is 4.31 Å². The predicted octanol–water partition coefficient (Wildman–Crippen LogP) is 3.20. The van der Waals surface area contributed by atoms with Crippen LogP contribution in [0.3, 0.4) is 0 Å². The third kappa shape index (κ3) is 2.52. The fourth-order valence-corrected chi connectivity index (χ4v) is 3.76. The smallest absolute Gasteiger partial charge is 0.261 e. The largest absolute Gasteiger partial charge is 0.506 e. The molecule has 0 bridgehead atoms. The van der Waals surface area contributed by atoms with Crippen molar-refractivity contribution in [1.82, 2.24) is 0 Å². The van der Waals surface area contributed by atoms with E-state index in [-0.39, 0.29) is 12.3 Å². The molecule has 0 spiro atoms. The number of aryl methyl sites for hydroxylation is 1. The number of hydrogen-bond donors (Lipinski definition) is 1. The Labute approximate surface area is 124 Å². The monoisotopic (exact) mass is 301 g/mol. The molecule has 0 unspecified atom stereocenters. The molecule has 1 N–H and O–H groups in total. The summed E-state index contributed by atoms with van der Waals surface area (Å²) in [6, 6.07) is 14.7. The van der Waals surface area contributed by atoms with E-state index in [9.17, 15) is 13.5 Å². The molecular weight excluding hydrogens is 286 g/mol.